The fraction of sp³-hybridized carbons (Fsp3) is 0.435. The molecule has 0 radical (unpaired) electrons. The van der Waals surface area contributed by atoms with E-state index < -0.39 is 0 Å². The predicted octanol–water partition coefficient (Wildman–Crippen LogP) is 5.38. The van der Waals surface area contributed by atoms with Crippen LogP contribution in [0.1, 0.15) is 46.4 Å². The first kappa shape index (κ1) is 19.2. The minimum Gasteiger partial charge on any atom is -0.496 e. The van der Waals surface area contributed by atoms with Gasteiger partial charge < -0.3 is 14.0 Å². The number of ether oxygens (including phenoxy) is 2. The number of ketones is 1. The van der Waals surface area contributed by atoms with Crippen LogP contribution in [0.15, 0.2) is 29.6 Å². The summed E-state index contributed by atoms with van der Waals surface area (Å²) in [7, 11) is 1.64. The number of hydrogen-bond donors (Lipinski definition) is 0. The van der Waals surface area contributed by atoms with Gasteiger partial charge in [-0.1, -0.05) is 12.1 Å². The van der Waals surface area contributed by atoms with Crippen LogP contribution in [0.3, 0.4) is 0 Å². The number of aromatic nitrogens is 1. The summed E-state index contributed by atoms with van der Waals surface area (Å²) < 4.78 is 13.3. The third-order valence-corrected chi connectivity index (χ3v) is 6.94. The van der Waals surface area contributed by atoms with Crippen LogP contribution in [0.25, 0.3) is 10.2 Å². The van der Waals surface area contributed by atoms with E-state index in [1.54, 1.807) is 18.4 Å². The molecule has 2 aromatic heterocycles. The van der Waals surface area contributed by atoms with E-state index in [2.05, 4.69) is 22.9 Å². The van der Waals surface area contributed by atoms with Crippen LogP contribution in [0, 0.1) is 19.8 Å². The maximum Gasteiger partial charge on any atom is 0.195 e. The number of hydrogen-bond acceptors (Lipinski definition) is 4. The van der Waals surface area contributed by atoms with E-state index >= 15 is 0 Å². The highest BCUT2D eigenvalue weighted by Gasteiger charge is 2.24. The topological polar surface area (TPSA) is 40.5 Å². The standard InChI is InChI=1S/C23H27NO3S/c1-15-18(5-4-6-20(15)26-3)22(25)21-16(2)24(23-19(21)10-14-28-23)11-7-17-8-12-27-13-9-17/h4-6,10,14,17H,7-9,11-13H2,1-3H3. The van der Waals surface area contributed by atoms with Crippen LogP contribution >= 0.6 is 11.3 Å². The molecule has 1 fully saturated rings. The maximum atomic E-state index is 13.5. The normalized spacial score (nSPS) is 15.2. The van der Waals surface area contributed by atoms with Crippen molar-refractivity contribution < 1.29 is 14.3 Å². The fourth-order valence-electron chi connectivity index (χ4n) is 4.30. The van der Waals surface area contributed by atoms with Gasteiger partial charge in [-0.2, -0.15) is 0 Å². The zero-order valence-corrected chi connectivity index (χ0v) is 17.6. The summed E-state index contributed by atoms with van der Waals surface area (Å²) >= 11 is 1.72. The summed E-state index contributed by atoms with van der Waals surface area (Å²) in [6.07, 6.45) is 3.42. The van der Waals surface area contributed by atoms with Crippen molar-refractivity contribution in [3.8, 4) is 5.75 Å². The molecule has 0 amide bonds. The average Bonchev–Trinajstić information content (AvgIpc) is 3.27. The van der Waals surface area contributed by atoms with E-state index in [0.29, 0.717) is 5.92 Å². The van der Waals surface area contributed by atoms with Crippen molar-refractivity contribution >= 4 is 27.3 Å². The van der Waals surface area contributed by atoms with Gasteiger partial charge in [0.2, 0.25) is 0 Å². The quantitative estimate of drug-likeness (QED) is 0.525. The Labute approximate surface area is 170 Å². The molecule has 148 valence electrons. The van der Waals surface area contributed by atoms with Gasteiger partial charge in [0, 0.05) is 42.0 Å². The van der Waals surface area contributed by atoms with Crippen LogP contribution in [0.5, 0.6) is 5.75 Å². The van der Waals surface area contributed by atoms with Gasteiger partial charge in [0.15, 0.2) is 5.78 Å². The molecule has 3 heterocycles. The Morgan fingerprint density at radius 3 is 2.79 bits per heavy atom. The fourth-order valence-corrected chi connectivity index (χ4v) is 5.29. The van der Waals surface area contributed by atoms with Crippen molar-refractivity contribution in [2.24, 2.45) is 5.92 Å². The van der Waals surface area contributed by atoms with Gasteiger partial charge in [-0.05, 0) is 56.5 Å². The van der Waals surface area contributed by atoms with Crippen molar-refractivity contribution in [3.05, 3.63) is 52.0 Å². The molecule has 4 rings (SSSR count). The van der Waals surface area contributed by atoms with Crippen molar-refractivity contribution in [2.45, 2.75) is 39.7 Å². The van der Waals surface area contributed by atoms with Gasteiger partial charge in [-0.15, -0.1) is 11.3 Å². The third kappa shape index (κ3) is 3.38. The number of carbonyl (C=O) groups excluding carboxylic acids is 1. The number of benzene rings is 1. The summed E-state index contributed by atoms with van der Waals surface area (Å²) in [5.74, 6) is 1.55. The lowest BCUT2D eigenvalue weighted by Crippen LogP contribution is -2.17. The van der Waals surface area contributed by atoms with Gasteiger partial charge in [-0.25, -0.2) is 0 Å². The highest BCUT2D eigenvalue weighted by atomic mass is 32.1. The molecule has 0 aliphatic carbocycles. The third-order valence-electron chi connectivity index (χ3n) is 6.00. The van der Waals surface area contributed by atoms with Crippen molar-refractivity contribution in [3.63, 3.8) is 0 Å². The summed E-state index contributed by atoms with van der Waals surface area (Å²) in [6.45, 7) is 6.75. The van der Waals surface area contributed by atoms with Crippen molar-refractivity contribution in [2.75, 3.05) is 20.3 Å². The molecular weight excluding hydrogens is 370 g/mol. The lowest BCUT2D eigenvalue weighted by molar-refractivity contribution is 0.0627. The molecule has 4 nitrogen and oxygen atoms in total. The van der Waals surface area contributed by atoms with Gasteiger partial charge in [0.25, 0.3) is 0 Å². The highest BCUT2D eigenvalue weighted by Crippen LogP contribution is 2.34. The average molecular weight is 398 g/mol. The van der Waals surface area contributed by atoms with E-state index in [9.17, 15) is 4.79 Å². The lowest BCUT2D eigenvalue weighted by Gasteiger charge is -2.22. The van der Waals surface area contributed by atoms with Crippen LogP contribution in [0.4, 0.5) is 0 Å². The van der Waals surface area contributed by atoms with E-state index in [-0.39, 0.29) is 5.78 Å². The summed E-state index contributed by atoms with van der Waals surface area (Å²) in [5, 5.41) is 3.16. The molecule has 0 N–H and O–H groups in total. The number of fused-ring (bicyclic) bond motifs is 1. The number of thiophene rings is 1. The molecule has 1 aliphatic heterocycles. The maximum absolute atomic E-state index is 13.5. The largest absolute Gasteiger partial charge is 0.496 e. The molecule has 0 atom stereocenters. The van der Waals surface area contributed by atoms with E-state index in [0.717, 1.165) is 72.5 Å². The Balaban J connectivity index is 1.69. The van der Waals surface area contributed by atoms with Crippen LogP contribution in [-0.2, 0) is 11.3 Å². The first-order valence-electron chi connectivity index (χ1n) is 9.94. The number of methoxy groups -OCH3 is 1. The molecule has 1 aromatic carbocycles. The molecule has 1 saturated heterocycles. The summed E-state index contributed by atoms with van der Waals surface area (Å²) in [4.78, 5) is 14.7. The zero-order chi connectivity index (χ0) is 19.7. The molecule has 3 aromatic rings. The van der Waals surface area contributed by atoms with Gasteiger partial charge >= 0.3 is 0 Å². The molecule has 28 heavy (non-hydrogen) atoms. The molecular formula is C23H27NO3S. The first-order valence-corrected chi connectivity index (χ1v) is 10.8. The molecule has 0 bridgehead atoms. The van der Waals surface area contributed by atoms with Crippen LogP contribution < -0.4 is 4.74 Å². The van der Waals surface area contributed by atoms with E-state index in [1.165, 1.54) is 4.83 Å². The Kier molecular flexibility index (Phi) is 5.56. The molecule has 0 unspecified atom stereocenters. The molecule has 5 heteroatoms. The Morgan fingerprint density at radius 2 is 2.04 bits per heavy atom. The molecule has 0 saturated carbocycles. The van der Waals surface area contributed by atoms with Gasteiger partial charge in [-0.3, -0.25) is 4.79 Å². The highest BCUT2D eigenvalue weighted by molar-refractivity contribution is 7.16. The number of aryl methyl sites for hydroxylation is 1. The smallest absolute Gasteiger partial charge is 0.195 e. The summed E-state index contributed by atoms with van der Waals surface area (Å²) in [6, 6.07) is 7.78. The lowest BCUT2D eigenvalue weighted by atomic mass is 9.96. The Morgan fingerprint density at radius 1 is 1.25 bits per heavy atom. The van der Waals surface area contributed by atoms with Gasteiger partial charge in [0.1, 0.15) is 10.6 Å². The van der Waals surface area contributed by atoms with Crippen LogP contribution in [0.2, 0.25) is 0 Å². The second-order valence-electron chi connectivity index (χ2n) is 7.56. The second-order valence-corrected chi connectivity index (χ2v) is 8.45. The predicted molar refractivity (Wildman–Crippen MR) is 114 cm³/mol. The Hall–Kier alpha value is -2.11. The van der Waals surface area contributed by atoms with Crippen LogP contribution in [-0.4, -0.2) is 30.7 Å². The number of carbonyl (C=O) groups is 1. The summed E-state index contributed by atoms with van der Waals surface area (Å²) in [5.41, 5.74) is 3.52. The second kappa shape index (κ2) is 8.10. The Bertz CT molecular complexity index is 995. The van der Waals surface area contributed by atoms with E-state index in [4.69, 9.17) is 9.47 Å². The molecule has 1 aliphatic rings. The monoisotopic (exact) mass is 397 g/mol. The SMILES string of the molecule is COc1cccc(C(=O)c2c(C)n(CCC3CCOCC3)c3sccc23)c1C. The van der Waals surface area contributed by atoms with Gasteiger partial charge in [0.05, 0.1) is 12.7 Å². The number of nitrogens with zero attached hydrogens (tertiary/aromatic N) is 1. The first-order chi connectivity index (χ1) is 13.6. The molecule has 0 spiro atoms. The van der Waals surface area contributed by atoms with Crippen molar-refractivity contribution in [1.82, 2.24) is 4.57 Å². The number of rotatable bonds is 6. The zero-order valence-electron chi connectivity index (χ0n) is 16.8. The van der Waals surface area contributed by atoms with Crippen molar-refractivity contribution in [1.29, 1.82) is 0 Å². The minimum absolute atomic E-state index is 0.0853. The minimum atomic E-state index is 0.0853. The van der Waals surface area contributed by atoms with E-state index in [1.807, 2.05) is 25.1 Å².